The average molecular weight is 461 g/mol. The minimum absolute atomic E-state index is 0.00140. The Morgan fingerprint density at radius 3 is 2.53 bits per heavy atom. The highest BCUT2D eigenvalue weighted by atomic mass is 32.2. The molecule has 9 nitrogen and oxygen atoms in total. The minimum atomic E-state index is -4.12. The Balaban J connectivity index is 1.99. The average Bonchev–Trinajstić information content (AvgIpc) is 3.22. The van der Waals surface area contributed by atoms with Gasteiger partial charge in [-0.25, -0.2) is 13.2 Å². The van der Waals surface area contributed by atoms with Gasteiger partial charge in [0.05, 0.1) is 27.0 Å². The van der Waals surface area contributed by atoms with Gasteiger partial charge in [-0.05, 0) is 48.4 Å². The second-order valence-electron chi connectivity index (χ2n) is 6.92. The zero-order chi connectivity index (χ0) is 23.3. The van der Waals surface area contributed by atoms with E-state index in [0.717, 1.165) is 6.42 Å². The van der Waals surface area contributed by atoms with Gasteiger partial charge in [-0.15, -0.1) is 0 Å². The maximum absolute atomic E-state index is 13.2. The van der Waals surface area contributed by atoms with E-state index < -0.39 is 16.0 Å². The van der Waals surface area contributed by atoms with Gasteiger partial charge in [0.1, 0.15) is 4.90 Å². The van der Waals surface area contributed by atoms with Crippen LogP contribution >= 0.6 is 0 Å². The van der Waals surface area contributed by atoms with Gasteiger partial charge in [0, 0.05) is 24.7 Å². The quantitative estimate of drug-likeness (QED) is 0.476. The van der Waals surface area contributed by atoms with Gasteiger partial charge in [-0.1, -0.05) is 6.07 Å². The zero-order valence-electron chi connectivity index (χ0n) is 18.0. The van der Waals surface area contributed by atoms with E-state index in [1.54, 1.807) is 29.2 Å². The molecule has 1 heterocycles. The Labute approximate surface area is 186 Å². The molecule has 0 saturated carbocycles. The molecular weight excluding hydrogens is 436 g/mol. The van der Waals surface area contributed by atoms with Gasteiger partial charge < -0.3 is 19.1 Å². The third-order valence-electron chi connectivity index (χ3n) is 4.85. The van der Waals surface area contributed by atoms with Crippen molar-refractivity contribution in [3.63, 3.8) is 0 Å². The Morgan fingerprint density at radius 2 is 1.91 bits per heavy atom. The largest absolute Gasteiger partial charge is 0.493 e. The number of hydrogen-bond acceptors (Lipinski definition) is 7. The van der Waals surface area contributed by atoms with Gasteiger partial charge in [0.15, 0.2) is 11.5 Å². The van der Waals surface area contributed by atoms with Crippen molar-refractivity contribution >= 4 is 39.4 Å². The molecule has 1 fully saturated rings. The molecule has 0 aromatic heterocycles. The summed E-state index contributed by atoms with van der Waals surface area (Å²) in [6, 6.07) is 9.51. The molecule has 1 amide bonds. The monoisotopic (exact) mass is 460 g/mol. The molecule has 1 aliphatic heterocycles. The third kappa shape index (κ3) is 5.02. The second-order valence-corrected chi connectivity index (χ2v) is 8.57. The zero-order valence-corrected chi connectivity index (χ0v) is 18.8. The van der Waals surface area contributed by atoms with Crippen LogP contribution in [0.3, 0.4) is 0 Å². The van der Waals surface area contributed by atoms with E-state index in [9.17, 15) is 18.0 Å². The summed E-state index contributed by atoms with van der Waals surface area (Å²) in [6.45, 7) is 0.592. The lowest BCUT2D eigenvalue weighted by atomic mass is 10.2. The summed E-state index contributed by atoms with van der Waals surface area (Å²) in [5.74, 6) is -0.394. The Morgan fingerprint density at radius 1 is 1.12 bits per heavy atom. The first-order valence-electron chi connectivity index (χ1n) is 9.74. The van der Waals surface area contributed by atoms with Crippen molar-refractivity contribution in [2.75, 3.05) is 37.5 Å². The van der Waals surface area contributed by atoms with Crippen LogP contribution in [0.25, 0.3) is 6.08 Å². The molecule has 2 aromatic rings. The van der Waals surface area contributed by atoms with Crippen molar-refractivity contribution in [2.45, 2.75) is 17.7 Å². The van der Waals surface area contributed by atoms with E-state index in [1.165, 1.54) is 45.6 Å². The molecular formula is C22H24N2O7S. The summed E-state index contributed by atoms with van der Waals surface area (Å²) in [6.07, 6.45) is 3.81. The number of methoxy groups -OCH3 is 3. The molecule has 2 aromatic carbocycles. The number of benzene rings is 2. The molecule has 1 N–H and O–H groups in total. The number of rotatable bonds is 8. The molecule has 0 bridgehead atoms. The molecule has 0 radical (unpaired) electrons. The Hall–Kier alpha value is -3.53. The Kier molecular flexibility index (Phi) is 7.04. The van der Waals surface area contributed by atoms with Crippen molar-refractivity contribution in [1.29, 1.82) is 0 Å². The molecule has 0 spiro atoms. The molecule has 10 heteroatoms. The van der Waals surface area contributed by atoms with Gasteiger partial charge in [0.2, 0.25) is 5.91 Å². The molecule has 0 unspecified atom stereocenters. The maximum atomic E-state index is 13.2. The molecule has 3 rings (SSSR count). The van der Waals surface area contributed by atoms with Gasteiger partial charge in [-0.3, -0.25) is 9.52 Å². The van der Waals surface area contributed by atoms with Crippen LogP contribution in [0, 0.1) is 0 Å². The van der Waals surface area contributed by atoms with Crippen molar-refractivity contribution < 1.29 is 32.2 Å². The van der Waals surface area contributed by atoms with Crippen LogP contribution in [0.15, 0.2) is 47.4 Å². The van der Waals surface area contributed by atoms with Crippen LogP contribution in [-0.2, 0) is 24.3 Å². The molecule has 1 aliphatic rings. The summed E-state index contributed by atoms with van der Waals surface area (Å²) in [7, 11) is -0.162. The second kappa shape index (κ2) is 9.73. The van der Waals surface area contributed by atoms with E-state index in [-0.39, 0.29) is 22.3 Å². The summed E-state index contributed by atoms with van der Waals surface area (Å²) in [4.78, 5) is 24.9. The normalized spacial score (nSPS) is 14.0. The van der Waals surface area contributed by atoms with E-state index in [0.29, 0.717) is 29.9 Å². The topological polar surface area (TPSA) is 111 Å². The van der Waals surface area contributed by atoms with Crippen molar-refractivity contribution in [3.05, 3.63) is 48.0 Å². The minimum Gasteiger partial charge on any atom is -0.493 e. The standard InChI is InChI=1S/C22H24N2O7S/c1-29-18-12-15(9-10-21(26)30-2)13-19(22(18)31-3)32(27,28)23-16-6-4-7-17(14-16)24-11-5-8-20(24)25/h4,6-7,9-10,12-14,23H,5,8,11H2,1-3H3/b10-9+. The third-order valence-corrected chi connectivity index (χ3v) is 6.24. The highest BCUT2D eigenvalue weighted by Crippen LogP contribution is 2.37. The molecule has 170 valence electrons. The smallest absolute Gasteiger partial charge is 0.330 e. The Bertz CT molecular complexity index is 1160. The lowest BCUT2D eigenvalue weighted by Gasteiger charge is -2.18. The lowest BCUT2D eigenvalue weighted by Crippen LogP contribution is -2.23. The van der Waals surface area contributed by atoms with E-state index >= 15 is 0 Å². The number of sulfonamides is 1. The van der Waals surface area contributed by atoms with Crippen LogP contribution < -0.4 is 19.1 Å². The first-order valence-corrected chi connectivity index (χ1v) is 11.2. The summed E-state index contributed by atoms with van der Waals surface area (Å²) >= 11 is 0. The van der Waals surface area contributed by atoms with Gasteiger partial charge in [-0.2, -0.15) is 0 Å². The number of nitrogens with zero attached hydrogens (tertiary/aromatic N) is 1. The summed E-state index contributed by atoms with van der Waals surface area (Å²) < 4.78 is 44.2. The number of esters is 1. The van der Waals surface area contributed by atoms with Gasteiger partial charge in [0.25, 0.3) is 10.0 Å². The summed E-state index contributed by atoms with van der Waals surface area (Å²) in [5.41, 5.74) is 1.30. The number of nitrogens with one attached hydrogen (secondary N) is 1. The van der Waals surface area contributed by atoms with Crippen LogP contribution in [0.1, 0.15) is 18.4 Å². The number of carbonyl (C=O) groups excluding carboxylic acids is 2. The number of ether oxygens (including phenoxy) is 3. The highest BCUT2D eigenvalue weighted by molar-refractivity contribution is 7.92. The first-order chi connectivity index (χ1) is 15.3. The fraction of sp³-hybridized carbons (Fsp3) is 0.273. The SMILES string of the molecule is COC(=O)/C=C/c1cc(OC)c(OC)c(S(=O)(=O)Nc2cccc(N3CCCC3=O)c2)c1. The van der Waals surface area contributed by atoms with E-state index in [1.807, 2.05) is 0 Å². The molecule has 0 aliphatic carbocycles. The number of anilines is 2. The van der Waals surface area contributed by atoms with Crippen LogP contribution in [0.2, 0.25) is 0 Å². The van der Waals surface area contributed by atoms with Gasteiger partial charge >= 0.3 is 5.97 Å². The summed E-state index contributed by atoms with van der Waals surface area (Å²) in [5, 5.41) is 0. The molecule has 0 atom stereocenters. The van der Waals surface area contributed by atoms with E-state index in [2.05, 4.69) is 9.46 Å². The molecule has 1 saturated heterocycles. The first kappa shape index (κ1) is 23.1. The predicted molar refractivity (Wildman–Crippen MR) is 119 cm³/mol. The van der Waals surface area contributed by atoms with Crippen LogP contribution in [0.5, 0.6) is 11.5 Å². The number of hydrogen-bond donors (Lipinski definition) is 1. The van der Waals surface area contributed by atoms with Crippen LogP contribution in [-0.4, -0.2) is 48.2 Å². The number of carbonyl (C=O) groups is 2. The lowest BCUT2D eigenvalue weighted by molar-refractivity contribution is -0.134. The van der Waals surface area contributed by atoms with Crippen molar-refractivity contribution in [3.8, 4) is 11.5 Å². The fourth-order valence-corrected chi connectivity index (χ4v) is 4.61. The van der Waals surface area contributed by atoms with E-state index in [4.69, 9.17) is 9.47 Å². The molecule has 32 heavy (non-hydrogen) atoms. The predicted octanol–water partition coefficient (Wildman–Crippen LogP) is 2.82. The maximum Gasteiger partial charge on any atom is 0.330 e. The number of amides is 1. The fourth-order valence-electron chi connectivity index (χ4n) is 3.35. The van der Waals surface area contributed by atoms with Crippen LogP contribution in [0.4, 0.5) is 11.4 Å². The highest BCUT2D eigenvalue weighted by Gasteiger charge is 2.25. The van der Waals surface area contributed by atoms with Crippen molar-refractivity contribution in [2.24, 2.45) is 0 Å². The van der Waals surface area contributed by atoms with Crippen molar-refractivity contribution in [1.82, 2.24) is 0 Å².